The van der Waals surface area contributed by atoms with Gasteiger partial charge in [0.25, 0.3) is 0 Å². The average molecular weight is 269 g/mol. The number of hydrogen-bond acceptors (Lipinski definition) is 2. The van der Waals surface area contributed by atoms with Crippen LogP contribution in [0.15, 0.2) is 18.2 Å². The number of methoxy groups -OCH3 is 1. The maximum Gasteiger partial charge on any atom is 0.227 e. The first-order valence-electron chi connectivity index (χ1n) is 6.34. The highest BCUT2D eigenvalue weighted by Crippen LogP contribution is 2.16. The second kappa shape index (κ2) is 6.10. The first-order valence-corrected chi connectivity index (χ1v) is 6.34. The van der Waals surface area contributed by atoms with Gasteiger partial charge in [-0.25, -0.2) is 8.78 Å². The van der Waals surface area contributed by atoms with Crippen molar-refractivity contribution in [2.75, 3.05) is 20.2 Å². The number of carbonyl (C=O) groups is 1. The van der Waals surface area contributed by atoms with E-state index in [1.807, 2.05) is 0 Å². The summed E-state index contributed by atoms with van der Waals surface area (Å²) in [6.45, 7) is 1.21. The molecule has 1 aromatic carbocycles. The third kappa shape index (κ3) is 3.50. The number of benzene rings is 1. The molecule has 1 amide bonds. The fraction of sp³-hybridized carbons (Fsp3) is 0.500. The van der Waals surface area contributed by atoms with Crippen LogP contribution in [0.3, 0.4) is 0 Å². The predicted molar refractivity (Wildman–Crippen MR) is 66.7 cm³/mol. The van der Waals surface area contributed by atoms with Gasteiger partial charge in [-0.05, 0) is 24.5 Å². The van der Waals surface area contributed by atoms with Crippen molar-refractivity contribution >= 4 is 5.91 Å². The Morgan fingerprint density at radius 3 is 2.95 bits per heavy atom. The minimum atomic E-state index is -0.673. The van der Waals surface area contributed by atoms with Gasteiger partial charge in [0.05, 0.1) is 12.5 Å². The normalized spacial score (nSPS) is 19.5. The molecule has 0 aliphatic carbocycles. The van der Waals surface area contributed by atoms with Crippen LogP contribution in [-0.4, -0.2) is 37.1 Å². The molecular formula is C14H17F2NO2. The first kappa shape index (κ1) is 13.9. The minimum Gasteiger partial charge on any atom is -0.380 e. The van der Waals surface area contributed by atoms with Crippen LogP contribution in [0.25, 0.3) is 0 Å². The molecule has 1 aromatic rings. The quantitative estimate of drug-likeness (QED) is 0.841. The van der Waals surface area contributed by atoms with E-state index in [-0.39, 0.29) is 24.0 Å². The van der Waals surface area contributed by atoms with Crippen molar-refractivity contribution in [3.63, 3.8) is 0 Å². The molecule has 1 aliphatic heterocycles. The van der Waals surface area contributed by atoms with Crippen molar-refractivity contribution in [1.29, 1.82) is 0 Å². The van der Waals surface area contributed by atoms with Crippen LogP contribution in [-0.2, 0) is 16.0 Å². The van der Waals surface area contributed by atoms with Gasteiger partial charge in [0.15, 0.2) is 0 Å². The van der Waals surface area contributed by atoms with Crippen LogP contribution in [0, 0.1) is 11.6 Å². The number of rotatable bonds is 3. The Balaban J connectivity index is 2.00. The van der Waals surface area contributed by atoms with E-state index in [1.165, 1.54) is 12.1 Å². The third-order valence-corrected chi connectivity index (χ3v) is 3.42. The number of likely N-dealkylation sites (tertiary alicyclic amines) is 1. The lowest BCUT2D eigenvalue weighted by Crippen LogP contribution is -2.43. The molecule has 19 heavy (non-hydrogen) atoms. The summed E-state index contributed by atoms with van der Waals surface area (Å²) < 4.78 is 31.5. The summed E-state index contributed by atoms with van der Waals surface area (Å²) in [6.07, 6.45) is 1.83. The van der Waals surface area contributed by atoms with E-state index in [0.29, 0.717) is 13.1 Å². The summed E-state index contributed by atoms with van der Waals surface area (Å²) in [5.41, 5.74) is 0.228. The Bertz CT molecular complexity index is 465. The average Bonchev–Trinajstić information content (AvgIpc) is 2.42. The van der Waals surface area contributed by atoms with Gasteiger partial charge in [-0.15, -0.1) is 0 Å². The van der Waals surface area contributed by atoms with Crippen molar-refractivity contribution in [2.45, 2.75) is 25.4 Å². The van der Waals surface area contributed by atoms with Crippen molar-refractivity contribution in [1.82, 2.24) is 4.90 Å². The van der Waals surface area contributed by atoms with Crippen LogP contribution < -0.4 is 0 Å². The first-order chi connectivity index (χ1) is 9.10. The fourth-order valence-electron chi connectivity index (χ4n) is 2.30. The molecule has 2 rings (SSSR count). The molecule has 1 fully saturated rings. The molecule has 3 nitrogen and oxygen atoms in total. The van der Waals surface area contributed by atoms with Crippen molar-refractivity contribution < 1.29 is 18.3 Å². The summed E-state index contributed by atoms with van der Waals surface area (Å²) in [5.74, 6) is -1.45. The smallest absolute Gasteiger partial charge is 0.227 e. The number of nitrogens with zero attached hydrogens (tertiary/aromatic N) is 1. The van der Waals surface area contributed by atoms with Gasteiger partial charge in [-0.2, -0.15) is 0 Å². The van der Waals surface area contributed by atoms with Crippen molar-refractivity contribution in [3.8, 4) is 0 Å². The van der Waals surface area contributed by atoms with Gasteiger partial charge >= 0.3 is 0 Å². The van der Waals surface area contributed by atoms with Gasteiger partial charge in [0.2, 0.25) is 5.91 Å². The van der Waals surface area contributed by atoms with E-state index >= 15 is 0 Å². The standard InChI is InChI=1S/C14H17F2NO2/c1-19-12-3-2-6-17(9-12)14(18)7-10-4-5-11(15)8-13(10)16/h4-5,8,12H,2-3,6-7,9H2,1H3/t12-/m0/s1. The van der Waals surface area contributed by atoms with Gasteiger partial charge < -0.3 is 9.64 Å². The number of hydrogen-bond donors (Lipinski definition) is 0. The summed E-state index contributed by atoms with van der Waals surface area (Å²) in [6, 6.07) is 3.29. The molecule has 0 N–H and O–H groups in total. The molecule has 1 aliphatic rings. The molecule has 5 heteroatoms. The van der Waals surface area contributed by atoms with Crippen LogP contribution in [0.4, 0.5) is 8.78 Å². The topological polar surface area (TPSA) is 29.5 Å². The molecule has 1 heterocycles. The van der Waals surface area contributed by atoms with Gasteiger partial charge in [0, 0.05) is 26.3 Å². The largest absolute Gasteiger partial charge is 0.380 e. The number of ether oxygens (including phenoxy) is 1. The molecule has 1 atom stereocenters. The maximum atomic E-state index is 13.5. The van der Waals surface area contributed by atoms with Gasteiger partial charge in [-0.3, -0.25) is 4.79 Å². The van der Waals surface area contributed by atoms with E-state index in [0.717, 1.165) is 18.9 Å². The highest BCUT2D eigenvalue weighted by molar-refractivity contribution is 5.79. The lowest BCUT2D eigenvalue weighted by molar-refractivity contribution is -0.134. The zero-order valence-electron chi connectivity index (χ0n) is 10.9. The Kier molecular flexibility index (Phi) is 4.47. The summed E-state index contributed by atoms with van der Waals surface area (Å²) in [7, 11) is 1.62. The second-order valence-electron chi connectivity index (χ2n) is 4.75. The molecule has 0 spiro atoms. The minimum absolute atomic E-state index is 0.0391. The number of piperidine rings is 1. The molecule has 0 radical (unpaired) electrons. The van der Waals surface area contributed by atoms with E-state index in [4.69, 9.17) is 4.74 Å². The lowest BCUT2D eigenvalue weighted by atomic mass is 10.1. The summed E-state index contributed by atoms with van der Waals surface area (Å²) >= 11 is 0. The zero-order chi connectivity index (χ0) is 13.8. The van der Waals surface area contributed by atoms with Gasteiger partial charge in [0.1, 0.15) is 11.6 Å². The third-order valence-electron chi connectivity index (χ3n) is 3.42. The van der Waals surface area contributed by atoms with Crippen molar-refractivity contribution in [3.05, 3.63) is 35.4 Å². The fourth-order valence-corrected chi connectivity index (χ4v) is 2.30. The predicted octanol–water partition coefficient (Wildman–Crippen LogP) is 2.14. The zero-order valence-corrected chi connectivity index (χ0v) is 10.9. The number of amides is 1. The SMILES string of the molecule is CO[C@H]1CCCN(C(=O)Cc2ccc(F)cc2F)C1. The Labute approximate surface area is 111 Å². The van der Waals surface area contributed by atoms with Gasteiger partial charge in [-0.1, -0.05) is 6.07 Å². The van der Waals surface area contributed by atoms with E-state index in [9.17, 15) is 13.6 Å². The van der Waals surface area contributed by atoms with Crippen LogP contribution in [0.2, 0.25) is 0 Å². The number of carbonyl (C=O) groups excluding carboxylic acids is 1. The molecule has 1 saturated heterocycles. The van der Waals surface area contributed by atoms with Crippen LogP contribution >= 0.6 is 0 Å². The molecule has 0 bridgehead atoms. The maximum absolute atomic E-state index is 13.5. The Morgan fingerprint density at radius 2 is 2.26 bits per heavy atom. The second-order valence-corrected chi connectivity index (χ2v) is 4.75. The van der Waals surface area contributed by atoms with Crippen LogP contribution in [0.1, 0.15) is 18.4 Å². The van der Waals surface area contributed by atoms with Crippen LogP contribution in [0.5, 0.6) is 0 Å². The molecule has 104 valence electrons. The molecule has 0 saturated carbocycles. The lowest BCUT2D eigenvalue weighted by Gasteiger charge is -2.32. The highest BCUT2D eigenvalue weighted by Gasteiger charge is 2.23. The highest BCUT2D eigenvalue weighted by atomic mass is 19.1. The number of halogens is 2. The summed E-state index contributed by atoms with van der Waals surface area (Å²) in [5, 5.41) is 0. The molecular weight excluding hydrogens is 252 g/mol. The molecule has 0 aromatic heterocycles. The summed E-state index contributed by atoms with van der Waals surface area (Å²) in [4.78, 5) is 13.8. The monoisotopic (exact) mass is 269 g/mol. The Hall–Kier alpha value is -1.49. The van der Waals surface area contributed by atoms with E-state index in [2.05, 4.69) is 0 Å². The van der Waals surface area contributed by atoms with E-state index in [1.54, 1.807) is 12.0 Å². The molecule has 0 unspecified atom stereocenters. The Morgan fingerprint density at radius 1 is 1.47 bits per heavy atom. The van der Waals surface area contributed by atoms with Crippen molar-refractivity contribution in [2.24, 2.45) is 0 Å². The van der Waals surface area contributed by atoms with E-state index < -0.39 is 11.6 Å².